The molecule has 0 aliphatic heterocycles. The van der Waals surface area contributed by atoms with E-state index in [1.54, 1.807) is 12.1 Å². The molecule has 0 radical (unpaired) electrons. The van der Waals surface area contributed by atoms with Crippen molar-refractivity contribution in [3.63, 3.8) is 0 Å². The molecule has 12 heteroatoms. The Hall–Kier alpha value is -3.37. The summed E-state index contributed by atoms with van der Waals surface area (Å²) in [5.74, 6) is 0.311. The van der Waals surface area contributed by atoms with Gasteiger partial charge in [-0.05, 0) is 30.6 Å². The maximum absolute atomic E-state index is 12.5. The number of methoxy groups -OCH3 is 1. The van der Waals surface area contributed by atoms with E-state index in [0.29, 0.717) is 46.6 Å². The van der Waals surface area contributed by atoms with E-state index >= 15 is 0 Å². The molecule has 0 saturated heterocycles. The van der Waals surface area contributed by atoms with Crippen molar-refractivity contribution in [1.82, 2.24) is 4.98 Å². The Labute approximate surface area is 235 Å². The zero-order valence-corrected chi connectivity index (χ0v) is 21.4. The number of hydrogen-bond donors (Lipinski definition) is 1. The van der Waals surface area contributed by atoms with Gasteiger partial charge < -0.3 is 38.2 Å². The van der Waals surface area contributed by atoms with Crippen LogP contribution in [0.4, 0.5) is 24.5 Å². The van der Waals surface area contributed by atoms with Crippen LogP contribution in [0, 0.1) is 25.2 Å². The van der Waals surface area contributed by atoms with Gasteiger partial charge in [-0.1, -0.05) is 11.6 Å². The predicted octanol–water partition coefficient (Wildman–Crippen LogP) is 3.89. The molecule has 1 N–H and O–H groups in total. The number of aromatic nitrogens is 1. The van der Waals surface area contributed by atoms with Gasteiger partial charge in [0.25, 0.3) is 0 Å². The molecule has 0 saturated carbocycles. The number of allylic oxidation sites excluding steroid dienone is 1. The minimum Gasteiger partial charge on any atom is -0.493 e. The third kappa shape index (κ3) is 8.88. The molecule has 0 bridgehead atoms. The molecule has 2 aromatic carbocycles. The van der Waals surface area contributed by atoms with E-state index in [-0.39, 0.29) is 35.6 Å². The first-order valence-corrected chi connectivity index (χ1v) is 10.9. The summed E-state index contributed by atoms with van der Waals surface area (Å²) in [5, 5.41) is 12.9. The Kier molecular flexibility index (Phi) is 13.0. The molecule has 1 aromatic heterocycles. The topological polar surface area (TPSA) is 93.5 Å². The molecule has 0 fully saturated rings. The molecule has 3 rings (SSSR count). The van der Waals surface area contributed by atoms with Crippen molar-refractivity contribution in [3.8, 4) is 23.3 Å². The molecule has 0 unspecified atom stereocenters. The number of anilines is 2. The van der Waals surface area contributed by atoms with Gasteiger partial charge in [-0.25, -0.2) is 12.7 Å². The molecule has 0 aliphatic rings. The fourth-order valence-electron chi connectivity index (χ4n) is 3.04. The van der Waals surface area contributed by atoms with E-state index in [1.165, 1.54) is 31.7 Å². The number of fused-ring (bicyclic) bond motifs is 1. The van der Waals surface area contributed by atoms with Crippen LogP contribution in [0.25, 0.3) is 10.9 Å². The van der Waals surface area contributed by atoms with E-state index in [2.05, 4.69) is 41.5 Å². The average Bonchev–Trinajstić information content (AvgIpc) is 2.88. The number of nitriles is 1. The van der Waals surface area contributed by atoms with Crippen molar-refractivity contribution in [2.24, 2.45) is 0 Å². The predicted molar refractivity (Wildman–Crippen MR) is 135 cm³/mol. The van der Waals surface area contributed by atoms with Crippen molar-refractivity contribution in [1.29, 1.82) is 5.26 Å². The molecule has 196 valence electrons. The van der Waals surface area contributed by atoms with Crippen molar-refractivity contribution in [2.75, 3.05) is 12.4 Å². The minimum atomic E-state index is -4.87. The van der Waals surface area contributed by atoms with E-state index in [0.717, 1.165) is 12.1 Å². The second-order valence-corrected chi connectivity index (χ2v) is 7.54. The van der Waals surface area contributed by atoms with Gasteiger partial charge in [0, 0.05) is 29.4 Å². The molecule has 38 heavy (non-hydrogen) atoms. The molecule has 0 atom stereocenters. The van der Waals surface area contributed by atoms with Crippen LogP contribution in [-0.2, 0) is 4.79 Å². The second-order valence-electron chi connectivity index (χ2n) is 7.14. The first kappa shape index (κ1) is 32.7. The minimum absolute atomic E-state index is 0. The number of carbonyl (C=O) groups excluding carboxylic acids is 1. The van der Waals surface area contributed by atoms with E-state index in [9.17, 15) is 18.4 Å². The van der Waals surface area contributed by atoms with E-state index < -0.39 is 12.1 Å². The Bertz CT molecular complexity index is 1290. The van der Waals surface area contributed by atoms with Crippen LogP contribution < -0.4 is 38.4 Å². The quantitative estimate of drug-likeness (QED) is 0.250. The van der Waals surface area contributed by atoms with Gasteiger partial charge in [0.05, 0.1) is 28.9 Å². The number of alkyl halides is 3. The van der Waals surface area contributed by atoms with Gasteiger partial charge in [0.2, 0.25) is 0 Å². The molecule has 0 aliphatic carbocycles. The normalized spacial score (nSPS) is 10.4. The van der Waals surface area contributed by atoms with Crippen molar-refractivity contribution in [3.05, 3.63) is 73.6 Å². The monoisotopic (exact) mass is 539 g/mol. The maximum atomic E-state index is 12.5. The summed E-state index contributed by atoms with van der Waals surface area (Å²) >= 11 is 5.96. The molecule has 3 aromatic rings. The average molecular weight is 540 g/mol. The van der Waals surface area contributed by atoms with Gasteiger partial charge in [-0.3, -0.25) is 4.98 Å². The number of hydrogen-bond acceptors (Lipinski definition) is 7. The zero-order chi connectivity index (χ0) is 27.6. The fraction of sp³-hybridized carbons (Fsp3) is 0.192. The molecule has 7 nitrogen and oxygen atoms in total. The van der Waals surface area contributed by atoms with Gasteiger partial charge in [-0.15, -0.1) is 26.0 Å². The van der Waals surface area contributed by atoms with Crippen LogP contribution in [0.3, 0.4) is 0 Å². The van der Waals surface area contributed by atoms with Gasteiger partial charge in [-0.2, -0.15) is 5.26 Å². The van der Waals surface area contributed by atoms with Crippen molar-refractivity contribution >= 4 is 40.2 Å². The zero-order valence-electron chi connectivity index (χ0n) is 20.7. The summed E-state index contributed by atoms with van der Waals surface area (Å²) < 4.78 is 52.8. The molecule has 0 spiro atoms. The number of ether oxygens (including phenoxy) is 3. The number of rotatable bonds is 9. The van der Waals surface area contributed by atoms with Crippen molar-refractivity contribution in [2.45, 2.75) is 25.3 Å². The standard InChI is InChI=1S/C23H19ClF3N3O3.C3H3O.Li/c1-4-15(5-2)32-21-9-16-18(10-20(21)31-3)29-12-13(11-28)22(16)30-14-6-7-19(17(24)8-14)33-23(25,26)27;1-2-3-4;/h6-10,12,15H,1-2,4-5H2,3H3,(H,29,30);2H,1H2;/q-2;-1;+1. The molecular weight excluding hydrogens is 518 g/mol. The molecular formula is C26H22ClF3LiN3O4-2. The smallest absolute Gasteiger partial charge is 0.493 e. The number of nitrogens with one attached hydrogen (secondary N) is 1. The summed E-state index contributed by atoms with van der Waals surface area (Å²) in [5.41, 5.74) is 1.42. The van der Waals surface area contributed by atoms with Crippen LogP contribution >= 0.6 is 11.6 Å². The van der Waals surface area contributed by atoms with Crippen molar-refractivity contribution < 1.29 is 51.0 Å². The molecule has 1 heterocycles. The van der Waals surface area contributed by atoms with Crippen LogP contribution in [0.5, 0.6) is 17.2 Å². The maximum Gasteiger partial charge on any atom is 1.00 e. The number of benzene rings is 2. The van der Waals surface area contributed by atoms with Gasteiger partial charge in [0.15, 0.2) is 11.5 Å². The Morgan fingerprint density at radius 3 is 2.39 bits per heavy atom. The molecule has 0 amide bonds. The summed E-state index contributed by atoms with van der Waals surface area (Å²) in [7, 11) is 1.49. The first-order chi connectivity index (χ1) is 17.6. The van der Waals surface area contributed by atoms with Crippen LogP contribution in [0.2, 0.25) is 5.02 Å². The fourth-order valence-corrected chi connectivity index (χ4v) is 3.26. The summed E-state index contributed by atoms with van der Waals surface area (Å²) in [6, 6.07) is 9.08. The van der Waals surface area contributed by atoms with E-state index in [1.807, 2.05) is 0 Å². The third-order valence-corrected chi connectivity index (χ3v) is 5.02. The second kappa shape index (κ2) is 15.1. The number of pyridine rings is 1. The number of nitrogens with zero attached hydrogens (tertiary/aromatic N) is 2. The van der Waals surface area contributed by atoms with Crippen LogP contribution in [0.1, 0.15) is 18.4 Å². The van der Waals surface area contributed by atoms with E-state index in [4.69, 9.17) is 25.9 Å². The van der Waals surface area contributed by atoms with Crippen LogP contribution in [0.15, 0.2) is 49.2 Å². The largest absolute Gasteiger partial charge is 1.00 e. The van der Waals surface area contributed by atoms with Crippen LogP contribution in [-0.4, -0.2) is 30.8 Å². The third-order valence-electron chi connectivity index (χ3n) is 4.72. The Morgan fingerprint density at radius 2 is 1.89 bits per heavy atom. The Morgan fingerprint density at radius 1 is 1.24 bits per heavy atom. The summed E-state index contributed by atoms with van der Waals surface area (Å²) in [6.45, 7) is 10.7. The van der Waals surface area contributed by atoms with Gasteiger partial charge in [0.1, 0.15) is 11.8 Å². The summed E-state index contributed by atoms with van der Waals surface area (Å²) in [6.07, 6.45) is -0.264. The Balaban J connectivity index is 0.00000135. The summed E-state index contributed by atoms with van der Waals surface area (Å²) in [4.78, 5) is 13.2. The first-order valence-electron chi connectivity index (χ1n) is 10.6. The SMILES string of the molecule is C=C[C-]=O.[CH2-]CC(C[CH2-])Oc1cc2c(Nc3ccc(OC(F)(F)F)c(Cl)c3)c(C#N)cnc2cc1OC.[Li+]. The van der Waals surface area contributed by atoms with Gasteiger partial charge >= 0.3 is 25.2 Å². The number of halogens is 4.